The van der Waals surface area contributed by atoms with E-state index in [0.29, 0.717) is 6.54 Å². The third kappa shape index (κ3) is 3.49. The Hall–Kier alpha value is -3.18. The van der Waals surface area contributed by atoms with Gasteiger partial charge in [0.25, 0.3) is 5.91 Å². The molecular weight excluding hydrogens is 362 g/mol. The number of benzene rings is 3. The molecule has 29 heavy (non-hydrogen) atoms. The van der Waals surface area contributed by atoms with Crippen molar-refractivity contribution in [2.24, 2.45) is 0 Å². The first-order valence-corrected chi connectivity index (χ1v) is 9.91. The highest BCUT2D eigenvalue weighted by molar-refractivity contribution is 6.09. The van der Waals surface area contributed by atoms with Crippen LogP contribution in [0.4, 0.5) is 4.79 Å². The van der Waals surface area contributed by atoms with E-state index in [-0.39, 0.29) is 18.6 Å². The molecule has 1 aliphatic heterocycles. The number of rotatable bonds is 6. The number of nitrogens with one attached hydrogen (secondary N) is 1. The normalized spacial score (nSPS) is 19.2. The van der Waals surface area contributed by atoms with Gasteiger partial charge in [-0.1, -0.05) is 79.7 Å². The number of hydrogen-bond acceptors (Lipinski definition) is 3. The molecule has 4 rings (SSSR count). The zero-order chi connectivity index (χ0) is 20.4. The zero-order valence-corrected chi connectivity index (χ0v) is 16.8. The minimum Gasteiger partial charge on any atom is -0.319 e. The van der Waals surface area contributed by atoms with Gasteiger partial charge in [0.1, 0.15) is 5.54 Å². The molecule has 3 aromatic carbocycles. The molecule has 0 bridgehead atoms. The quantitative estimate of drug-likeness (QED) is 0.648. The summed E-state index contributed by atoms with van der Waals surface area (Å²) in [7, 11) is 0. The van der Waals surface area contributed by atoms with Gasteiger partial charge in [-0.05, 0) is 35.4 Å². The summed E-state index contributed by atoms with van der Waals surface area (Å²) in [6.45, 7) is 5.50. The van der Waals surface area contributed by atoms with Crippen molar-refractivity contribution in [3.05, 3.63) is 83.9 Å². The van der Waals surface area contributed by atoms with E-state index in [1.807, 2.05) is 67.6 Å². The molecule has 0 aliphatic carbocycles. The van der Waals surface area contributed by atoms with Gasteiger partial charge in [-0.3, -0.25) is 9.69 Å². The summed E-state index contributed by atoms with van der Waals surface area (Å²) < 4.78 is 0. The van der Waals surface area contributed by atoms with Crippen LogP contribution in [0.25, 0.3) is 10.8 Å². The van der Waals surface area contributed by atoms with Crippen molar-refractivity contribution in [2.45, 2.75) is 25.9 Å². The molecule has 1 atom stereocenters. The number of amides is 3. The fourth-order valence-electron chi connectivity index (χ4n) is 3.97. The number of urea groups is 1. The topological polar surface area (TPSA) is 52.6 Å². The maximum Gasteiger partial charge on any atom is 0.326 e. The summed E-state index contributed by atoms with van der Waals surface area (Å²) in [5.41, 5.74) is 0.894. The molecule has 3 amide bonds. The highest BCUT2D eigenvalue weighted by Crippen LogP contribution is 2.34. The summed E-state index contributed by atoms with van der Waals surface area (Å²) in [5.74, 6) is -0.217. The lowest BCUT2D eigenvalue weighted by atomic mass is 9.88. The van der Waals surface area contributed by atoms with Crippen molar-refractivity contribution >= 4 is 22.7 Å². The molecule has 0 radical (unpaired) electrons. The Bertz CT molecular complexity index is 1040. The molecule has 5 heteroatoms. The SMILES string of the molecule is CCN(Cc1ccccc1)CN1C(=O)N[C@@](C)(c2cccc3ccccc23)C1=O. The highest BCUT2D eigenvalue weighted by Gasteiger charge is 2.49. The van der Waals surface area contributed by atoms with Crippen molar-refractivity contribution in [1.82, 2.24) is 15.1 Å². The van der Waals surface area contributed by atoms with Crippen LogP contribution in [0.3, 0.4) is 0 Å². The lowest BCUT2D eigenvalue weighted by Gasteiger charge is -2.27. The van der Waals surface area contributed by atoms with Gasteiger partial charge in [0.05, 0.1) is 6.67 Å². The average molecular weight is 387 g/mol. The van der Waals surface area contributed by atoms with Gasteiger partial charge in [0.15, 0.2) is 0 Å². The number of hydrogen-bond donors (Lipinski definition) is 1. The molecule has 5 nitrogen and oxygen atoms in total. The summed E-state index contributed by atoms with van der Waals surface area (Å²) >= 11 is 0. The molecule has 0 saturated carbocycles. The van der Waals surface area contributed by atoms with Crippen molar-refractivity contribution in [1.29, 1.82) is 0 Å². The molecule has 1 N–H and O–H groups in total. The molecular formula is C24H25N3O2. The van der Waals surface area contributed by atoms with E-state index in [4.69, 9.17) is 0 Å². The Labute approximate surface area is 170 Å². The lowest BCUT2D eigenvalue weighted by Crippen LogP contribution is -2.43. The molecule has 3 aromatic rings. The Kier molecular flexibility index (Phi) is 5.07. The summed E-state index contributed by atoms with van der Waals surface area (Å²) in [5, 5.41) is 4.97. The minimum atomic E-state index is -1.08. The molecule has 0 unspecified atom stereocenters. The zero-order valence-electron chi connectivity index (χ0n) is 16.8. The molecule has 1 heterocycles. The van der Waals surface area contributed by atoms with Crippen LogP contribution >= 0.6 is 0 Å². The second kappa shape index (κ2) is 7.68. The van der Waals surface area contributed by atoms with E-state index >= 15 is 0 Å². The molecule has 1 aliphatic rings. The van der Waals surface area contributed by atoms with Crippen molar-refractivity contribution in [3.63, 3.8) is 0 Å². The third-order valence-electron chi connectivity index (χ3n) is 5.64. The van der Waals surface area contributed by atoms with Gasteiger partial charge in [0, 0.05) is 6.54 Å². The van der Waals surface area contributed by atoms with Crippen LogP contribution in [0.2, 0.25) is 0 Å². The maximum atomic E-state index is 13.4. The van der Waals surface area contributed by atoms with Gasteiger partial charge >= 0.3 is 6.03 Å². The van der Waals surface area contributed by atoms with Gasteiger partial charge in [-0.25, -0.2) is 9.69 Å². The fourth-order valence-corrected chi connectivity index (χ4v) is 3.97. The monoisotopic (exact) mass is 387 g/mol. The van der Waals surface area contributed by atoms with E-state index < -0.39 is 5.54 Å². The first-order chi connectivity index (χ1) is 14.0. The van der Waals surface area contributed by atoms with Crippen LogP contribution in [0.1, 0.15) is 25.0 Å². The summed E-state index contributed by atoms with van der Waals surface area (Å²) in [4.78, 5) is 29.6. The van der Waals surface area contributed by atoms with Crippen LogP contribution < -0.4 is 5.32 Å². The maximum absolute atomic E-state index is 13.4. The standard InChI is InChI=1S/C24H25N3O2/c1-3-26(16-18-10-5-4-6-11-18)17-27-22(28)24(2,25-23(27)29)21-15-9-13-19-12-7-8-14-20(19)21/h4-15H,3,16-17H2,1-2H3,(H,25,29)/t24-/m0/s1. The smallest absolute Gasteiger partial charge is 0.319 e. The van der Waals surface area contributed by atoms with E-state index in [2.05, 4.69) is 22.3 Å². The highest BCUT2D eigenvalue weighted by atomic mass is 16.2. The summed E-state index contributed by atoms with van der Waals surface area (Å²) in [6, 6.07) is 23.5. The van der Waals surface area contributed by atoms with E-state index in [9.17, 15) is 9.59 Å². The fraction of sp³-hybridized carbons (Fsp3) is 0.250. The van der Waals surface area contributed by atoms with E-state index in [0.717, 1.165) is 28.4 Å². The average Bonchev–Trinajstić information content (AvgIpc) is 2.97. The number of carbonyl (C=O) groups excluding carboxylic acids is 2. The molecule has 0 spiro atoms. The van der Waals surface area contributed by atoms with Crippen LogP contribution in [0, 0.1) is 0 Å². The lowest BCUT2D eigenvalue weighted by molar-refractivity contribution is -0.132. The van der Waals surface area contributed by atoms with Crippen LogP contribution in [0.5, 0.6) is 0 Å². The largest absolute Gasteiger partial charge is 0.326 e. The van der Waals surface area contributed by atoms with Gasteiger partial charge in [0.2, 0.25) is 0 Å². The number of nitrogens with zero attached hydrogens (tertiary/aromatic N) is 2. The molecule has 1 saturated heterocycles. The number of imide groups is 1. The van der Waals surface area contributed by atoms with E-state index in [1.54, 1.807) is 6.92 Å². The molecule has 148 valence electrons. The Morgan fingerprint density at radius 1 is 0.931 bits per heavy atom. The number of fused-ring (bicyclic) bond motifs is 1. The van der Waals surface area contributed by atoms with Crippen molar-refractivity contribution in [3.8, 4) is 0 Å². The minimum absolute atomic E-state index is 0.217. The molecule has 1 fully saturated rings. The second-order valence-electron chi connectivity index (χ2n) is 7.59. The van der Waals surface area contributed by atoms with Crippen LogP contribution in [-0.2, 0) is 16.9 Å². The van der Waals surface area contributed by atoms with Crippen molar-refractivity contribution < 1.29 is 9.59 Å². The van der Waals surface area contributed by atoms with Gasteiger partial charge in [-0.2, -0.15) is 0 Å². The Balaban J connectivity index is 1.61. The van der Waals surface area contributed by atoms with Crippen LogP contribution in [0.15, 0.2) is 72.8 Å². The summed E-state index contributed by atoms with van der Waals surface area (Å²) in [6.07, 6.45) is 0. The Morgan fingerprint density at radius 2 is 1.62 bits per heavy atom. The second-order valence-corrected chi connectivity index (χ2v) is 7.59. The number of carbonyl (C=O) groups is 2. The predicted molar refractivity (Wildman–Crippen MR) is 114 cm³/mol. The third-order valence-corrected chi connectivity index (χ3v) is 5.64. The van der Waals surface area contributed by atoms with E-state index in [1.165, 1.54) is 4.90 Å². The van der Waals surface area contributed by atoms with Gasteiger partial charge < -0.3 is 5.32 Å². The van der Waals surface area contributed by atoms with Crippen molar-refractivity contribution in [2.75, 3.05) is 13.2 Å². The van der Waals surface area contributed by atoms with Gasteiger partial charge in [-0.15, -0.1) is 0 Å². The Morgan fingerprint density at radius 3 is 2.38 bits per heavy atom. The first kappa shape index (κ1) is 19.2. The molecule has 0 aromatic heterocycles. The predicted octanol–water partition coefficient (Wildman–Crippen LogP) is 4.09. The van der Waals surface area contributed by atoms with Crippen LogP contribution in [-0.4, -0.2) is 35.0 Å². The first-order valence-electron chi connectivity index (χ1n) is 9.91.